The van der Waals surface area contributed by atoms with Gasteiger partial charge in [-0.2, -0.15) is 5.26 Å². The van der Waals surface area contributed by atoms with Gasteiger partial charge in [0.2, 0.25) is 0 Å². The Morgan fingerprint density at radius 2 is 1.67 bits per heavy atom. The summed E-state index contributed by atoms with van der Waals surface area (Å²) in [5.41, 5.74) is -0.698. The highest BCUT2D eigenvalue weighted by Gasteiger charge is 2.36. The molecule has 0 bridgehead atoms. The summed E-state index contributed by atoms with van der Waals surface area (Å²) in [6, 6.07) is 2.42. The zero-order valence-corrected chi connectivity index (χ0v) is 10.9. The fraction of sp³-hybridized carbons (Fsp3) is 0.917. The Morgan fingerprint density at radius 1 is 1.20 bits per heavy atom. The lowest BCUT2D eigenvalue weighted by Gasteiger charge is -2.39. The normalized spacial score (nSPS) is 16.1. The van der Waals surface area contributed by atoms with Gasteiger partial charge in [0.05, 0.1) is 11.7 Å². The zero-order valence-electron chi connectivity index (χ0n) is 10.9. The third-order valence-corrected chi connectivity index (χ3v) is 3.02. The van der Waals surface area contributed by atoms with Crippen LogP contribution in [0.1, 0.15) is 41.0 Å². The molecule has 15 heavy (non-hydrogen) atoms. The Bertz CT molecular complexity index is 228. The molecule has 0 aliphatic carbocycles. The molecule has 3 nitrogen and oxygen atoms in total. The second-order valence-corrected chi connectivity index (χ2v) is 4.70. The van der Waals surface area contributed by atoms with E-state index in [9.17, 15) is 5.26 Å². The van der Waals surface area contributed by atoms with Crippen LogP contribution in [0.2, 0.25) is 0 Å². The average molecular weight is 212 g/mol. The lowest BCUT2D eigenvalue weighted by molar-refractivity contribution is -0.0195. The molecule has 0 fully saturated rings. The average Bonchev–Trinajstić information content (AvgIpc) is 2.19. The Labute approximate surface area is 94.0 Å². The lowest BCUT2D eigenvalue weighted by atomic mass is 9.87. The molecule has 0 spiro atoms. The molecule has 1 atom stereocenters. The van der Waals surface area contributed by atoms with E-state index in [2.05, 4.69) is 24.8 Å². The Hall–Kier alpha value is -0.590. The van der Waals surface area contributed by atoms with Crippen molar-refractivity contribution >= 4 is 0 Å². The summed E-state index contributed by atoms with van der Waals surface area (Å²) in [6.07, 6.45) is 0.717. The standard InChI is InChI=1S/C12H24N2O/c1-7-14(8-2)12(5,10-13)9-11(3,4)15-6/h7-9H2,1-6H3. The number of hydrogen-bond donors (Lipinski definition) is 0. The molecule has 88 valence electrons. The SMILES string of the molecule is CCN(CC)C(C)(C#N)CC(C)(C)OC. The molecule has 3 heteroatoms. The van der Waals surface area contributed by atoms with E-state index in [1.165, 1.54) is 0 Å². The minimum atomic E-state index is -0.441. The fourth-order valence-electron chi connectivity index (χ4n) is 2.04. The molecule has 0 rings (SSSR count). The number of ether oxygens (including phenoxy) is 1. The molecule has 0 saturated carbocycles. The van der Waals surface area contributed by atoms with Crippen molar-refractivity contribution in [3.63, 3.8) is 0 Å². The maximum atomic E-state index is 9.33. The van der Waals surface area contributed by atoms with Crippen LogP contribution in [0, 0.1) is 11.3 Å². The van der Waals surface area contributed by atoms with E-state index in [4.69, 9.17) is 4.74 Å². The van der Waals surface area contributed by atoms with Crippen LogP contribution < -0.4 is 0 Å². The maximum absolute atomic E-state index is 9.33. The molecule has 0 heterocycles. The quantitative estimate of drug-likeness (QED) is 0.678. The van der Waals surface area contributed by atoms with Gasteiger partial charge in [0.15, 0.2) is 0 Å². The Kier molecular flexibility index (Phi) is 5.27. The van der Waals surface area contributed by atoms with Crippen molar-refractivity contribution in [3.05, 3.63) is 0 Å². The topological polar surface area (TPSA) is 36.3 Å². The second-order valence-electron chi connectivity index (χ2n) is 4.70. The zero-order chi connectivity index (χ0) is 12.1. The highest BCUT2D eigenvalue weighted by molar-refractivity contribution is 5.07. The predicted molar refractivity (Wildman–Crippen MR) is 62.6 cm³/mol. The van der Waals surface area contributed by atoms with E-state index in [1.54, 1.807) is 7.11 Å². The maximum Gasteiger partial charge on any atom is 0.109 e. The summed E-state index contributed by atoms with van der Waals surface area (Å²) in [4.78, 5) is 2.17. The van der Waals surface area contributed by atoms with Crippen molar-refractivity contribution in [2.45, 2.75) is 52.2 Å². The van der Waals surface area contributed by atoms with Crippen LogP contribution >= 0.6 is 0 Å². The van der Waals surface area contributed by atoms with Crippen LogP contribution in [-0.4, -0.2) is 36.2 Å². The molecule has 1 unspecified atom stereocenters. The van der Waals surface area contributed by atoms with Gasteiger partial charge in [-0.1, -0.05) is 13.8 Å². The monoisotopic (exact) mass is 212 g/mol. The fourth-order valence-corrected chi connectivity index (χ4v) is 2.04. The van der Waals surface area contributed by atoms with Gasteiger partial charge in [0.1, 0.15) is 5.54 Å². The van der Waals surface area contributed by atoms with Crippen molar-refractivity contribution in [1.82, 2.24) is 4.90 Å². The van der Waals surface area contributed by atoms with Crippen molar-refractivity contribution in [2.75, 3.05) is 20.2 Å². The van der Waals surface area contributed by atoms with Crippen LogP contribution in [0.25, 0.3) is 0 Å². The molecule has 0 N–H and O–H groups in total. The van der Waals surface area contributed by atoms with E-state index in [1.807, 2.05) is 20.8 Å². The van der Waals surface area contributed by atoms with Gasteiger partial charge in [-0.25, -0.2) is 0 Å². The first-order chi connectivity index (χ1) is 6.85. The van der Waals surface area contributed by atoms with Crippen molar-refractivity contribution in [1.29, 1.82) is 5.26 Å². The number of rotatable bonds is 6. The van der Waals surface area contributed by atoms with Gasteiger partial charge in [-0.15, -0.1) is 0 Å². The molecule has 0 amide bonds. The summed E-state index contributed by atoms with van der Waals surface area (Å²) in [7, 11) is 1.69. The summed E-state index contributed by atoms with van der Waals surface area (Å²) < 4.78 is 5.40. The van der Waals surface area contributed by atoms with Gasteiger partial charge in [-0.05, 0) is 33.9 Å². The smallest absolute Gasteiger partial charge is 0.109 e. The van der Waals surface area contributed by atoms with Gasteiger partial charge >= 0.3 is 0 Å². The van der Waals surface area contributed by atoms with E-state index >= 15 is 0 Å². The predicted octanol–water partition coefficient (Wildman–Crippen LogP) is 2.43. The van der Waals surface area contributed by atoms with E-state index in [-0.39, 0.29) is 5.60 Å². The first-order valence-corrected chi connectivity index (χ1v) is 5.56. The lowest BCUT2D eigenvalue weighted by Crippen LogP contribution is -2.49. The van der Waals surface area contributed by atoms with Crippen LogP contribution in [0.4, 0.5) is 0 Å². The van der Waals surface area contributed by atoms with Crippen molar-refractivity contribution in [2.24, 2.45) is 0 Å². The number of hydrogen-bond acceptors (Lipinski definition) is 3. The van der Waals surface area contributed by atoms with Crippen LogP contribution in [-0.2, 0) is 4.74 Å². The van der Waals surface area contributed by atoms with Crippen molar-refractivity contribution < 1.29 is 4.74 Å². The molecule has 0 radical (unpaired) electrons. The van der Waals surface area contributed by atoms with Gasteiger partial charge in [0.25, 0.3) is 0 Å². The molecular weight excluding hydrogens is 188 g/mol. The number of nitrogens with zero attached hydrogens (tertiary/aromatic N) is 2. The minimum Gasteiger partial charge on any atom is -0.379 e. The summed E-state index contributed by atoms with van der Waals surface area (Å²) >= 11 is 0. The highest BCUT2D eigenvalue weighted by Crippen LogP contribution is 2.27. The highest BCUT2D eigenvalue weighted by atomic mass is 16.5. The minimum absolute atomic E-state index is 0.257. The molecular formula is C12H24N2O. The third kappa shape index (κ3) is 3.81. The number of methoxy groups -OCH3 is 1. The second kappa shape index (κ2) is 5.48. The van der Waals surface area contributed by atoms with Gasteiger partial charge in [0, 0.05) is 13.5 Å². The van der Waals surface area contributed by atoms with E-state index in [0.29, 0.717) is 6.42 Å². The first kappa shape index (κ1) is 14.4. The number of nitriles is 1. The molecule has 0 aliphatic heterocycles. The van der Waals surface area contributed by atoms with Crippen LogP contribution in [0.15, 0.2) is 0 Å². The van der Waals surface area contributed by atoms with Crippen LogP contribution in [0.3, 0.4) is 0 Å². The van der Waals surface area contributed by atoms with Gasteiger partial charge < -0.3 is 4.74 Å². The Balaban J connectivity index is 4.79. The summed E-state index contributed by atoms with van der Waals surface area (Å²) in [5.74, 6) is 0. The molecule has 0 aromatic rings. The largest absolute Gasteiger partial charge is 0.379 e. The molecule has 0 aromatic heterocycles. The third-order valence-electron chi connectivity index (χ3n) is 3.02. The molecule has 0 saturated heterocycles. The summed E-state index contributed by atoms with van der Waals surface area (Å²) in [5, 5.41) is 9.33. The first-order valence-electron chi connectivity index (χ1n) is 5.56. The van der Waals surface area contributed by atoms with E-state index in [0.717, 1.165) is 13.1 Å². The summed E-state index contributed by atoms with van der Waals surface area (Å²) in [6.45, 7) is 12.0. The molecule has 0 aromatic carbocycles. The van der Waals surface area contributed by atoms with Crippen LogP contribution in [0.5, 0.6) is 0 Å². The Morgan fingerprint density at radius 3 is 1.93 bits per heavy atom. The van der Waals surface area contributed by atoms with Gasteiger partial charge in [-0.3, -0.25) is 4.90 Å². The van der Waals surface area contributed by atoms with Crippen molar-refractivity contribution in [3.8, 4) is 6.07 Å². The van der Waals surface area contributed by atoms with E-state index < -0.39 is 5.54 Å². The molecule has 0 aliphatic rings.